The van der Waals surface area contributed by atoms with Gasteiger partial charge in [-0.05, 0) is 17.7 Å². The molecule has 0 unspecified atom stereocenters. The number of hydrogen-bond acceptors (Lipinski definition) is 5. The molecule has 22 heavy (non-hydrogen) atoms. The molecule has 122 valence electrons. The van der Waals surface area contributed by atoms with E-state index >= 15 is 0 Å². The van der Waals surface area contributed by atoms with E-state index in [2.05, 4.69) is 0 Å². The van der Waals surface area contributed by atoms with Crippen molar-refractivity contribution in [1.29, 1.82) is 0 Å². The first-order valence-electron chi connectivity index (χ1n) is 6.90. The van der Waals surface area contributed by atoms with Gasteiger partial charge < -0.3 is 14.6 Å². The van der Waals surface area contributed by atoms with Crippen LogP contribution in [-0.2, 0) is 20.0 Å². The van der Waals surface area contributed by atoms with E-state index in [0.29, 0.717) is 11.5 Å². The van der Waals surface area contributed by atoms with E-state index in [1.54, 1.807) is 18.2 Å². The van der Waals surface area contributed by atoms with Gasteiger partial charge in [-0.15, -0.1) is 0 Å². The zero-order chi connectivity index (χ0) is 16.5. The molecule has 0 spiro atoms. The van der Waals surface area contributed by atoms with Crippen molar-refractivity contribution in [2.75, 3.05) is 18.6 Å². The molecule has 1 saturated heterocycles. The SMILES string of the molecule is COc1cc(C(C)(C)CC(=O)O)ccc1OC1CS(=O)(=O)C1. The maximum Gasteiger partial charge on any atom is 0.304 e. The van der Waals surface area contributed by atoms with Crippen molar-refractivity contribution >= 4 is 15.8 Å². The van der Waals surface area contributed by atoms with Crippen molar-refractivity contribution in [3.63, 3.8) is 0 Å². The monoisotopic (exact) mass is 328 g/mol. The third-order valence-corrected chi connectivity index (χ3v) is 5.47. The molecule has 2 rings (SSSR count). The van der Waals surface area contributed by atoms with E-state index in [1.807, 2.05) is 13.8 Å². The first-order chi connectivity index (χ1) is 10.1. The van der Waals surface area contributed by atoms with E-state index in [-0.39, 0.29) is 24.0 Å². The van der Waals surface area contributed by atoms with Gasteiger partial charge in [-0.2, -0.15) is 0 Å². The van der Waals surface area contributed by atoms with Crippen molar-refractivity contribution < 1.29 is 27.8 Å². The first kappa shape index (κ1) is 16.6. The average molecular weight is 328 g/mol. The molecule has 1 aliphatic heterocycles. The van der Waals surface area contributed by atoms with Crippen LogP contribution in [0.1, 0.15) is 25.8 Å². The largest absolute Gasteiger partial charge is 0.493 e. The lowest BCUT2D eigenvalue weighted by Crippen LogP contribution is -2.45. The van der Waals surface area contributed by atoms with Gasteiger partial charge in [-0.25, -0.2) is 8.42 Å². The van der Waals surface area contributed by atoms with Crippen LogP contribution >= 0.6 is 0 Å². The predicted octanol–water partition coefficient (Wildman–Crippen LogP) is 1.62. The second-order valence-electron chi connectivity index (χ2n) is 6.14. The van der Waals surface area contributed by atoms with Crippen molar-refractivity contribution in [2.45, 2.75) is 31.8 Å². The fourth-order valence-corrected chi connectivity index (χ4v) is 3.60. The summed E-state index contributed by atoms with van der Waals surface area (Å²) in [6.07, 6.45) is -0.353. The number of carboxylic acid groups (broad SMARTS) is 1. The number of benzene rings is 1. The lowest BCUT2D eigenvalue weighted by atomic mass is 9.81. The number of carboxylic acids is 1. The predicted molar refractivity (Wildman–Crippen MR) is 81.3 cm³/mol. The third kappa shape index (κ3) is 3.71. The number of rotatable bonds is 6. The van der Waals surface area contributed by atoms with Gasteiger partial charge in [-0.1, -0.05) is 19.9 Å². The number of hydrogen-bond donors (Lipinski definition) is 1. The molecule has 0 aliphatic carbocycles. The first-order valence-corrected chi connectivity index (χ1v) is 8.72. The fraction of sp³-hybridized carbons (Fsp3) is 0.533. The second kappa shape index (κ2) is 5.79. The summed E-state index contributed by atoms with van der Waals surface area (Å²) in [5.74, 6) is 0.103. The Bertz CT molecular complexity index is 665. The van der Waals surface area contributed by atoms with Crippen molar-refractivity contribution in [3.8, 4) is 11.5 Å². The van der Waals surface area contributed by atoms with Gasteiger partial charge >= 0.3 is 5.97 Å². The lowest BCUT2D eigenvalue weighted by molar-refractivity contribution is -0.138. The van der Waals surface area contributed by atoms with E-state index in [0.717, 1.165) is 5.56 Å². The molecule has 1 aromatic carbocycles. The molecule has 1 aromatic rings. The molecule has 0 bridgehead atoms. The third-order valence-electron chi connectivity index (χ3n) is 3.71. The van der Waals surface area contributed by atoms with Crippen molar-refractivity contribution in [2.24, 2.45) is 0 Å². The van der Waals surface area contributed by atoms with Gasteiger partial charge in [0.15, 0.2) is 21.3 Å². The standard InChI is InChI=1S/C15H20O6S/c1-15(2,7-14(16)17)10-4-5-12(13(6-10)20-3)21-11-8-22(18,19)9-11/h4-6,11H,7-9H2,1-3H3,(H,16,17). The maximum atomic E-state index is 11.2. The van der Waals surface area contributed by atoms with Crippen LogP contribution in [0.2, 0.25) is 0 Å². The maximum absolute atomic E-state index is 11.2. The Kier molecular flexibility index (Phi) is 4.37. The van der Waals surface area contributed by atoms with Gasteiger partial charge in [0.2, 0.25) is 0 Å². The Morgan fingerprint density at radius 1 is 1.32 bits per heavy atom. The van der Waals surface area contributed by atoms with Gasteiger partial charge in [0.25, 0.3) is 0 Å². The highest BCUT2D eigenvalue weighted by Crippen LogP contribution is 2.36. The Morgan fingerprint density at radius 2 is 1.95 bits per heavy atom. The molecule has 1 aliphatic rings. The molecule has 0 atom stereocenters. The minimum Gasteiger partial charge on any atom is -0.493 e. The highest BCUT2D eigenvalue weighted by Gasteiger charge is 2.36. The number of methoxy groups -OCH3 is 1. The molecular weight excluding hydrogens is 308 g/mol. The molecule has 1 fully saturated rings. The Labute approximate surface area is 130 Å². The molecule has 6 nitrogen and oxygen atoms in total. The molecule has 0 saturated carbocycles. The molecular formula is C15H20O6S. The molecule has 7 heteroatoms. The number of aliphatic carboxylic acids is 1. The summed E-state index contributed by atoms with van der Waals surface area (Å²) in [6, 6.07) is 5.22. The highest BCUT2D eigenvalue weighted by atomic mass is 32.2. The van der Waals surface area contributed by atoms with Crippen LogP contribution in [0, 0.1) is 0 Å². The van der Waals surface area contributed by atoms with E-state index < -0.39 is 21.2 Å². The summed E-state index contributed by atoms with van der Waals surface area (Å²) in [5.41, 5.74) is 0.276. The van der Waals surface area contributed by atoms with Gasteiger partial charge in [0.05, 0.1) is 25.0 Å². The molecule has 0 aromatic heterocycles. The van der Waals surface area contributed by atoms with Crippen LogP contribution in [-0.4, -0.2) is 44.2 Å². The van der Waals surface area contributed by atoms with Crippen LogP contribution in [0.15, 0.2) is 18.2 Å². The average Bonchev–Trinajstić information content (AvgIpc) is 2.35. The number of carbonyl (C=O) groups is 1. The van der Waals surface area contributed by atoms with Crippen LogP contribution in [0.4, 0.5) is 0 Å². The molecule has 0 amide bonds. The van der Waals surface area contributed by atoms with Crippen LogP contribution in [0.25, 0.3) is 0 Å². The Morgan fingerprint density at radius 3 is 2.45 bits per heavy atom. The van der Waals surface area contributed by atoms with Crippen molar-refractivity contribution in [3.05, 3.63) is 23.8 Å². The van der Waals surface area contributed by atoms with E-state index in [9.17, 15) is 13.2 Å². The normalized spacial score (nSPS) is 17.6. The molecule has 1 N–H and O–H groups in total. The van der Waals surface area contributed by atoms with Crippen LogP contribution in [0.5, 0.6) is 11.5 Å². The number of ether oxygens (including phenoxy) is 2. The summed E-state index contributed by atoms with van der Waals surface area (Å²) < 4.78 is 33.2. The smallest absolute Gasteiger partial charge is 0.304 e. The summed E-state index contributed by atoms with van der Waals surface area (Å²) >= 11 is 0. The number of sulfone groups is 1. The summed E-state index contributed by atoms with van der Waals surface area (Å²) in [6.45, 7) is 3.68. The van der Waals surface area contributed by atoms with Crippen LogP contribution < -0.4 is 9.47 Å². The molecule has 0 radical (unpaired) electrons. The highest BCUT2D eigenvalue weighted by molar-refractivity contribution is 7.92. The van der Waals surface area contributed by atoms with Crippen LogP contribution in [0.3, 0.4) is 0 Å². The lowest BCUT2D eigenvalue weighted by Gasteiger charge is -2.28. The Hall–Kier alpha value is -1.76. The quantitative estimate of drug-likeness (QED) is 0.853. The van der Waals surface area contributed by atoms with E-state index in [4.69, 9.17) is 14.6 Å². The minimum absolute atomic E-state index is 0.00275. The Balaban J connectivity index is 2.19. The molecule has 1 heterocycles. The fourth-order valence-electron chi connectivity index (χ4n) is 2.43. The van der Waals surface area contributed by atoms with Gasteiger partial charge in [-0.3, -0.25) is 4.79 Å². The summed E-state index contributed by atoms with van der Waals surface area (Å²) in [4.78, 5) is 10.9. The summed E-state index contributed by atoms with van der Waals surface area (Å²) in [7, 11) is -1.45. The van der Waals surface area contributed by atoms with Crippen molar-refractivity contribution in [1.82, 2.24) is 0 Å². The van der Waals surface area contributed by atoms with E-state index in [1.165, 1.54) is 7.11 Å². The van der Waals surface area contributed by atoms with Gasteiger partial charge in [0, 0.05) is 5.41 Å². The second-order valence-corrected chi connectivity index (χ2v) is 8.29. The van der Waals surface area contributed by atoms with Gasteiger partial charge in [0.1, 0.15) is 6.10 Å². The zero-order valence-electron chi connectivity index (χ0n) is 12.8. The minimum atomic E-state index is -2.95. The summed E-state index contributed by atoms with van der Waals surface area (Å²) in [5, 5.41) is 8.99. The zero-order valence-corrected chi connectivity index (χ0v) is 13.6. The topological polar surface area (TPSA) is 89.9 Å².